The molecule has 0 saturated heterocycles. The van der Waals surface area contributed by atoms with Crippen molar-refractivity contribution >= 4 is 11.9 Å². The van der Waals surface area contributed by atoms with Gasteiger partial charge in [0, 0.05) is 6.54 Å². The van der Waals surface area contributed by atoms with E-state index in [-0.39, 0.29) is 5.96 Å². The van der Waals surface area contributed by atoms with Gasteiger partial charge in [0.05, 0.1) is 6.54 Å². The quantitative estimate of drug-likeness (QED) is 0.360. The summed E-state index contributed by atoms with van der Waals surface area (Å²) in [6.07, 6.45) is 2.17. The lowest BCUT2D eigenvalue weighted by atomic mass is 10.2. The van der Waals surface area contributed by atoms with Crippen molar-refractivity contribution in [1.29, 1.82) is 5.41 Å². The van der Waals surface area contributed by atoms with Crippen LogP contribution in [0.3, 0.4) is 0 Å². The highest BCUT2D eigenvalue weighted by Gasteiger charge is 1.99. The molecule has 0 bridgehead atoms. The van der Waals surface area contributed by atoms with Crippen molar-refractivity contribution in [3.63, 3.8) is 0 Å². The molecule has 0 fully saturated rings. The van der Waals surface area contributed by atoms with Gasteiger partial charge in [-0.15, -0.1) is 0 Å². The molecule has 1 rings (SSSR count). The zero-order chi connectivity index (χ0) is 13.2. The Hall–Kier alpha value is -2.04. The van der Waals surface area contributed by atoms with E-state index in [0.717, 1.165) is 24.9 Å². The number of nitrogens with one attached hydrogen (secondary N) is 3. The van der Waals surface area contributed by atoms with Crippen LogP contribution in [0.2, 0.25) is 0 Å². The molecule has 0 atom stereocenters. The van der Waals surface area contributed by atoms with E-state index in [9.17, 15) is 0 Å². The summed E-state index contributed by atoms with van der Waals surface area (Å²) in [5.41, 5.74) is 6.44. The average molecular weight is 247 g/mol. The van der Waals surface area contributed by atoms with Gasteiger partial charge in [0.25, 0.3) is 0 Å². The normalized spacial score (nSPS) is 11.1. The number of hydrogen-bond acceptors (Lipinski definition) is 2. The Morgan fingerprint density at radius 3 is 2.67 bits per heavy atom. The minimum Gasteiger partial charge on any atom is -0.370 e. The van der Waals surface area contributed by atoms with E-state index in [1.807, 2.05) is 30.3 Å². The van der Waals surface area contributed by atoms with Gasteiger partial charge < -0.3 is 11.1 Å². The highest BCUT2D eigenvalue weighted by atomic mass is 15.2. The largest absolute Gasteiger partial charge is 0.370 e. The number of rotatable bonds is 5. The van der Waals surface area contributed by atoms with Crippen LogP contribution in [0.5, 0.6) is 0 Å². The van der Waals surface area contributed by atoms with Gasteiger partial charge >= 0.3 is 0 Å². The molecule has 0 aliphatic heterocycles. The fourth-order valence-electron chi connectivity index (χ4n) is 1.40. The van der Waals surface area contributed by atoms with E-state index in [1.165, 1.54) is 0 Å². The lowest BCUT2D eigenvalue weighted by Crippen LogP contribution is -2.44. The van der Waals surface area contributed by atoms with E-state index < -0.39 is 0 Å². The molecule has 5 N–H and O–H groups in total. The average Bonchev–Trinajstić information content (AvgIpc) is 2.37. The number of benzene rings is 1. The maximum absolute atomic E-state index is 7.23. The van der Waals surface area contributed by atoms with Gasteiger partial charge in [-0.05, 0) is 12.0 Å². The molecule has 0 aromatic heterocycles. The first-order valence-electron chi connectivity index (χ1n) is 6.15. The highest BCUT2D eigenvalue weighted by Crippen LogP contribution is 1.99. The van der Waals surface area contributed by atoms with Crippen LogP contribution in [0.25, 0.3) is 0 Å². The van der Waals surface area contributed by atoms with E-state index in [1.54, 1.807) is 0 Å². The molecular weight excluding hydrogens is 226 g/mol. The predicted octanol–water partition coefficient (Wildman–Crippen LogP) is 1.42. The van der Waals surface area contributed by atoms with Crippen LogP contribution in [0.4, 0.5) is 0 Å². The number of unbranched alkanes of at least 4 members (excludes halogenated alkanes) is 1. The van der Waals surface area contributed by atoms with Crippen LogP contribution >= 0.6 is 0 Å². The van der Waals surface area contributed by atoms with Gasteiger partial charge in [-0.3, -0.25) is 10.7 Å². The fourth-order valence-corrected chi connectivity index (χ4v) is 1.40. The molecule has 0 aliphatic carbocycles. The van der Waals surface area contributed by atoms with Gasteiger partial charge in [-0.2, -0.15) is 0 Å². The van der Waals surface area contributed by atoms with Crippen LogP contribution < -0.4 is 16.4 Å². The summed E-state index contributed by atoms with van der Waals surface area (Å²) in [7, 11) is 0. The third kappa shape index (κ3) is 5.89. The van der Waals surface area contributed by atoms with Gasteiger partial charge in [0.15, 0.2) is 11.9 Å². The fraction of sp³-hybridized carbons (Fsp3) is 0.385. The maximum atomic E-state index is 7.23. The van der Waals surface area contributed by atoms with Gasteiger partial charge in [0.2, 0.25) is 0 Å². The molecule has 0 unspecified atom stereocenters. The lowest BCUT2D eigenvalue weighted by molar-refractivity contribution is 0.742. The van der Waals surface area contributed by atoms with Crippen molar-refractivity contribution in [3.8, 4) is 0 Å². The number of aliphatic imine (C=N–C) groups is 1. The first-order valence-corrected chi connectivity index (χ1v) is 6.15. The Balaban J connectivity index is 2.55. The first-order chi connectivity index (χ1) is 8.72. The van der Waals surface area contributed by atoms with Crippen LogP contribution in [0.15, 0.2) is 35.3 Å². The van der Waals surface area contributed by atoms with Crippen molar-refractivity contribution in [2.24, 2.45) is 10.7 Å². The number of guanidine groups is 2. The van der Waals surface area contributed by atoms with Crippen molar-refractivity contribution in [2.45, 2.75) is 26.3 Å². The highest BCUT2D eigenvalue weighted by molar-refractivity contribution is 5.96. The molecular formula is C13H21N5. The predicted molar refractivity (Wildman–Crippen MR) is 75.5 cm³/mol. The van der Waals surface area contributed by atoms with Gasteiger partial charge in [-0.1, -0.05) is 43.7 Å². The molecule has 0 aliphatic rings. The van der Waals surface area contributed by atoms with Crippen LogP contribution in [0.1, 0.15) is 25.3 Å². The summed E-state index contributed by atoms with van der Waals surface area (Å²) in [5.74, 6) is 0.450. The van der Waals surface area contributed by atoms with Crippen molar-refractivity contribution in [3.05, 3.63) is 35.9 Å². The molecule has 0 amide bonds. The van der Waals surface area contributed by atoms with Crippen LogP contribution in [0, 0.1) is 5.41 Å². The molecule has 1 aromatic carbocycles. The van der Waals surface area contributed by atoms with E-state index in [4.69, 9.17) is 11.1 Å². The Bertz CT molecular complexity index is 386. The smallest absolute Gasteiger partial charge is 0.198 e. The molecule has 5 nitrogen and oxygen atoms in total. The third-order valence-corrected chi connectivity index (χ3v) is 2.34. The maximum Gasteiger partial charge on any atom is 0.198 e. The van der Waals surface area contributed by atoms with Crippen molar-refractivity contribution < 1.29 is 0 Å². The zero-order valence-corrected chi connectivity index (χ0v) is 10.7. The summed E-state index contributed by atoms with van der Waals surface area (Å²) in [5, 5.41) is 13.1. The number of nitrogens with two attached hydrogens (primary N) is 1. The van der Waals surface area contributed by atoms with Crippen LogP contribution in [-0.2, 0) is 6.54 Å². The lowest BCUT2D eigenvalue weighted by Gasteiger charge is -2.10. The molecule has 98 valence electrons. The van der Waals surface area contributed by atoms with E-state index in [0.29, 0.717) is 12.5 Å². The zero-order valence-electron chi connectivity index (χ0n) is 10.7. The summed E-state index contributed by atoms with van der Waals surface area (Å²) in [6.45, 7) is 3.51. The third-order valence-electron chi connectivity index (χ3n) is 2.34. The Morgan fingerprint density at radius 1 is 1.33 bits per heavy atom. The molecule has 0 spiro atoms. The molecule has 18 heavy (non-hydrogen) atoms. The standard InChI is InChI=1S/C13H21N5/c1-2-3-9-16-13(18-12(14)15)17-10-11-7-5-4-6-8-11/h4-8H,2-3,9-10H2,1H3,(H5,14,15,16,17,18). The second-order valence-corrected chi connectivity index (χ2v) is 3.97. The summed E-state index contributed by atoms with van der Waals surface area (Å²) in [6, 6.07) is 9.96. The van der Waals surface area contributed by atoms with Crippen molar-refractivity contribution in [2.75, 3.05) is 6.54 Å². The van der Waals surface area contributed by atoms with E-state index in [2.05, 4.69) is 22.5 Å². The first kappa shape index (κ1) is 14.0. The van der Waals surface area contributed by atoms with E-state index >= 15 is 0 Å². The van der Waals surface area contributed by atoms with Crippen molar-refractivity contribution in [1.82, 2.24) is 10.6 Å². The summed E-state index contributed by atoms with van der Waals surface area (Å²) >= 11 is 0. The SMILES string of the molecule is CCCCNC(=NCc1ccccc1)NC(=N)N. The number of nitrogens with zero attached hydrogens (tertiary/aromatic N) is 1. The molecule has 1 aromatic rings. The minimum absolute atomic E-state index is 0.106. The second-order valence-electron chi connectivity index (χ2n) is 3.97. The topological polar surface area (TPSA) is 86.3 Å². The second kappa shape index (κ2) is 8.11. The Labute approximate surface area is 108 Å². The number of hydrogen-bond donors (Lipinski definition) is 4. The molecule has 5 heteroatoms. The summed E-state index contributed by atoms with van der Waals surface area (Å²) < 4.78 is 0. The Kier molecular flexibility index (Phi) is 6.32. The van der Waals surface area contributed by atoms with Gasteiger partial charge in [-0.25, -0.2) is 4.99 Å². The Morgan fingerprint density at radius 2 is 2.06 bits per heavy atom. The molecule has 0 heterocycles. The van der Waals surface area contributed by atoms with Gasteiger partial charge in [0.1, 0.15) is 0 Å². The molecule has 0 saturated carbocycles. The van der Waals surface area contributed by atoms with Crippen LogP contribution in [-0.4, -0.2) is 18.5 Å². The minimum atomic E-state index is -0.106. The molecule has 0 radical (unpaired) electrons. The summed E-state index contributed by atoms with van der Waals surface area (Å²) in [4.78, 5) is 4.38. The monoisotopic (exact) mass is 247 g/mol.